The second-order valence-corrected chi connectivity index (χ2v) is 23.6. The van der Waals surface area contributed by atoms with Crippen molar-refractivity contribution < 1.29 is 46.1 Å². The van der Waals surface area contributed by atoms with Gasteiger partial charge in [-0.3, -0.25) is 0 Å². The topological polar surface area (TPSA) is 0 Å². The van der Waals surface area contributed by atoms with E-state index in [2.05, 4.69) is 143 Å². The van der Waals surface area contributed by atoms with E-state index >= 15 is 0 Å². The van der Waals surface area contributed by atoms with Crippen molar-refractivity contribution in [3.8, 4) is 11.1 Å². The van der Waals surface area contributed by atoms with Gasteiger partial charge < -0.3 is 24.8 Å². The molecule has 0 amide bonds. The quantitative estimate of drug-likeness (QED) is 0.259. The van der Waals surface area contributed by atoms with Gasteiger partial charge in [-0.2, -0.15) is 0 Å². The van der Waals surface area contributed by atoms with Crippen molar-refractivity contribution in [1.29, 1.82) is 0 Å². The molecule has 0 nitrogen and oxygen atoms in total. The van der Waals surface area contributed by atoms with Crippen LogP contribution in [0.25, 0.3) is 11.1 Å². The van der Waals surface area contributed by atoms with E-state index in [0.717, 1.165) is 19.3 Å². The molecule has 0 saturated carbocycles. The Morgan fingerprint density at radius 1 is 0.690 bits per heavy atom. The fourth-order valence-electron chi connectivity index (χ4n) is 6.52. The van der Waals surface area contributed by atoms with Crippen LogP contribution in [0.4, 0.5) is 0 Å². The van der Waals surface area contributed by atoms with Crippen molar-refractivity contribution >= 4 is 11.3 Å². The Kier molecular flexibility index (Phi) is 10.7. The number of hydrogen-bond donors (Lipinski definition) is 0. The Hall–Kier alpha value is -2.09. The van der Waals surface area contributed by atoms with Gasteiger partial charge in [-0.1, -0.05) is 0 Å². The van der Waals surface area contributed by atoms with E-state index < -0.39 is 29.3 Å². The van der Waals surface area contributed by atoms with Gasteiger partial charge in [0.05, 0.1) is 0 Å². The minimum atomic E-state index is -2.66. The number of fused-ring (bicyclic) bond motifs is 3. The maximum atomic E-state index is 2.69. The molecule has 0 spiro atoms. The van der Waals surface area contributed by atoms with E-state index in [1.165, 1.54) is 33.4 Å². The average molecular weight is 687 g/mol. The van der Waals surface area contributed by atoms with Crippen LogP contribution in [0.5, 0.6) is 0 Å². The van der Waals surface area contributed by atoms with E-state index in [9.17, 15) is 0 Å². The van der Waals surface area contributed by atoms with E-state index in [4.69, 9.17) is 0 Å². The smallest absolute Gasteiger partial charge is 1.00 e. The molecule has 0 heterocycles. The molecular formula is C38H40Cl2SiZr. The van der Waals surface area contributed by atoms with E-state index in [0.29, 0.717) is 3.63 Å². The van der Waals surface area contributed by atoms with Gasteiger partial charge >= 0.3 is 251 Å². The van der Waals surface area contributed by atoms with Gasteiger partial charge in [0.2, 0.25) is 0 Å². The first-order valence-corrected chi connectivity index (χ1v) is 22.3. The van der Waals surface area contributed by atoms with Crippen molar-refractivity contribution in [3.05, 3.63) is 151 Å². The molecule has 0 aliphatic heterocycles. The van der Waals surface area contributed by atoms with Gasteiger partial charge in [0.15, 0.2) is 0 Å². The number of rotatable bonds is 7. The molecular weight excluding hydrogens is 647 g/mol. The van der Waals surface area contributed by atoms with Crippen LogP contribution in [-0.4, -0.2) is 11.3 Å². The Balaban J connectivity index is 0.00000202. The molecule has 2 aliphatic rings. The van der Waals surface area contributed by atoms with Crippen LogP contribution in [0.1, 0.15) is 57.3 Å². The fraction of sp³-hybridized carbons (Fsp3) is 0.237. The molecule has 214 valence electrons. The maximum absolute atomic E-state index is 2.69. The summed E-state index contributed by atoms with van der Waals surface area (Å²) in [6, 6.07) is 37.4. The van der Waals surface area contributed by atoms with Crippen LogP contribution in [0.15, 0.2) is 118 Å². The first-order chi connectivity index (χ1) is 19.4. The average Bonchev–Trinajstić information content (AvgIpc) is 3.60. The molecule has 0 saturated heterocycles. The zero-order valence-electron chi connectivity index (χ0n) is 25.3. The standard InChI is InChI=1S/C17H17.C13H10.C8H13Si.2ClH.Zr/c1-3-12-5-7-16-14(9-12)11-15-10-13(4-2)6-8-17(15)16;1-3-7-12(8-4-1)11-13-9-5-2-6-10-13;1-9(2,3)8-6-4-5-7-8;;;/h5-11H,3-4H2,1-2H3;1-10H;6-7H,4H2,1-3H3;2*1H;/q;;;;;+2/p-2. The fourth-order valence-corrected chi connectivity index (χ4v) is 17.2. The summed E-state index contributed by atoms with van der Waals surface area (Å²) in [7, 11) is -1.41. The van der Waals surface area contributed by atoms with E-state index in [1.54, 1.807) is 22.8 Å². The van der Waals surface area contributed by atoms with E-state index in [-0.39, 0.29) is 24.8 Å². The second-order valence-electron chi connectivity index (χ2n) is 12.3. The van der Waals surface area contributed by atoms with Gasteiger partial charge in [-0.05, 0) is 0 Å². The number of allylic oxidation sites excluding steroid dienone is 4. The van der Waals surface area contributed by atoms with Crippen LogP contribution in [0, 0.1) is 0 Å². The molecule has 0 bridgehead atoms. The van der Waals surface area contributed by atoms with Crippen LogP contribution < -0.4 is 24.8 Å². The summed E-state index contributed by atoms with van der Waals surface area (Å²) in [5, 5.41) is 1.64. The predicted octanol–water partition coefficient (Wildman–Crippen LogP) is 3.87. The number of aryl methyl sites for hydroxylation is 2. The monoisotopic (exact) mass is 684 g/mol. The molecule has 0 fully saturated rings. The Labute approximate surface area is 274 Å². The van der Waals surface area contributed by atoms with Crippen LogP contribution >= 0.6 is 0 Å². The zero-order chi connectivity index (χ0) is 27.9. The van der Waals surface area contributed by atoms with Crippen LogP contribution in [0.3, 0.4) is 0 Å². The first kappa shape index (κ1) is 32.8. The molecule has 6 rings (SSSR count). The predicted molar refractivity (Wildman–Crippen MR) is 173 cm³/mol. The molecule has 0 unspecified atom stereocenters. The van der Waals surface area contributed by atoms with Crippen molar-refractivity contribution in [1.82, 2.24) is 0 Å². The molecule has 0 N–H and O–H groups in total. The summed E-state index contributed by atoms with van der Waals surface area (Å²) < 4.78 is 3.88. The molecule has 42 heavy (non-hydrogen) atoms. The third-order valence-corrected chi connectivity index (χ3v) is 19.1. The molecule has 0 radical (unpaired) electrons. The van der Waals surface area contributed by atoms with E-state index in [1.807, 2.05) is 0 Å². The molecule has 4 aromatic rings. The first-order valence-electron chi connectivity index (χ1n) is 14.9. The summed E-state index contributed by atoms with van der Waals surface area (Å²) in [6.45, 7) is 12.1. The second kappa shape index (κ2) is 13.7. The number of halogens is 2. The van der Waals surface area contributed by atoms with Gasteiger partial charge in [-0.25, -0.2) is 0 Å². The van der Waals surface area contributed by atoms with Crippen molar-refractivity contribution in [3.63, 3.8) is 0 Å². The molecule has 0 atom stereocenters. The number of hydrogen-bond acceptors (Lipinski definition) is 0. The summed E-state index contributed by atoms with van der Waals surface area (Å²) >= 11 is -2.66. The van der Waals surface area contributed by atoms with Crippen LogP contribution in [-0.2, 0) is 34.1 Å². The summed E-state index contributed by atoms with van der Waals surface area (Å²) in [4.78, 5) is 0. The summed E-state index contributed by atoms with van der Waals surface area (Å²) in [5.74, 6) is 0. The Morgan fingerprint density at radius 2 is 1.17 bits per heavy atom. The van der Waals surface area contributed by atoms with Crippen molar-refractivity contribution in [2.45, 2.75) is 56.4 Å². The minimum Gasteiger partial charge on any atom is -1.00 e. The Morgan fingerprint density at radius 3 is 1.57 bits per heavy atom. The molecule has 4 heteroatoms. The Bertz CT molecular complexity index is 1570. The maximum Gasteiger partial charge on any atom is -1.00 e. The summed E-state index contributed by atoms with van der Waals surface area (Å²) in [6.07, 6.45) is 8.56. The third-order valence-electron chi connectivity index (χ3n) is 8.73. The third kappa shape index (κ3) is 6.25. The van der Waals surface area contributed by atoms with Crippen molar-refractivity contribution in [2.24, 2.45) is 0 Å². The number of benzene rings is 4. The molecule has 0 aromatic heterocycles. The normalized spacial score (nSPS) is 13.5. The van der Waals surface area contributed by atoms with Gasteiger partial charge in [0.25, 0.3) is 0 Å². The largest absolute Gasteiger partial charge is 1.00 e. The minimum absolute atomic E-state index is 0. The van der Waals surface area contributed by atoms with Crippen molar-refractivity contribution in [2.75, 3.05) is 0 Å². The molecule has 2 aliphatic carbocycles. The van der Waals surface area contributed by atoms with Crippen LogP contribution in [0.2, 0.25) is 19.6 Å². The molecule has 4 aromatic carbocycles. The van der Waals surface area contributed by atoms with Gasteiger partial charge in [-0.15, -0.1) is 0 Å². The SMILES string of the molecule is CCc1ccc2c(c1)[CH]([Zr+2]([C]1=CC([Si](C)(C)C)=CC1)=[C](c1ccccc1)c1ccccc1)c1cc(CC)ccc1-2.[Cl-].[Cl-]. The zero-order valence-corrected chi connectivity index (χ0v) is 30.3. The van der Waals surface area contributed by atoms with Gasteiger partial charge in [0, 0.05) is 0 Å². The van der Waals surface area contributed by atoms with Gasteiger partial charge in [0.1, 0.15) is 0 Å². The summed E-state index contributed by atoms with van der Waals surface area (Å²) in [5.41, 5.74) is 11.9.